The lowest BCUT2D eigenvalue weighted by molar-refractivity contribution is 0.425. The maximum Gasteiger partial charge on any atom is 0.258 e. The van der Waals surface area contributed by atoms with E-state index in [9.17, 15) is 5.11 Å². The van der Waals surface area contributed by atoms with Gasteiger partial charge in [-0.15, -0.1) is 0 Å². The lowest BCUT2D eigenvalue weighted by Crippen LogP contribution is -1.90. The van der Waals surface area contributed by atoms with E-state index in [0.717, 1.165) is 0 Å². The van der Waals surface area contributed by atoms with Gasteiger partial charge in [0.1, 0.15) is 5.75 Å². The molecule has 0 aliphatic carbocycles. The normalized spacial score (nSPS) is 11.1. The van der Waals surface area contributed by atoms with E-state index in [-0.39, 0.29) is 10.8 Å². The van der Waals surface area contributed by atoms with Crippen LogP contribution in [0, 0.1) is 0 Å². The molecule has 0 fully saturated rings. The minimum absolute atomic E-state index is 0.0375. The zero-order chi connectivity index (χ0) is 13.1. The molecule has 0 aliphatic rings. The van der Waals surface area contributed by atoms with Crippen LogP contribution in [-0.4, -0.2) is 20.5 Å². The van der Waals surface area contributed by atoms with Gasteiger partial charge in [0, 0.05) is 5.56 Å². The van der Waals surface area contributed by atoms with Crippen molar-refractivity contribution < 1.29 is 9.63 Å². The van der Waals surface area contributed by atoms with E-state index in [1.165, 1.54) is 6.07 Å². The molecule has 4 nitrogen and oxygen atoms in total. The third kappa shape index (κ3) is 3.17. The zero-order valence-corrected chi connectivity index (χ0v) is 11.6. The van der Waals surface area contributed by atoms with Crippen LogP contribution in [0.5, 0.6) is 5.75 Å². The second-order valence-corrected chi connectivity index (χ2v) is 6.01. The number of rotatable bonds is 4. The highest BCUT2D eigenvalue weighted by Gasteiger charge is 2.11. The Bertz CT molecular complexity index is 543. The van der Waals surface area contributed by atoms with Crippen molar-refractivity contribution in [3.05, 3.63) is 29.0 Å². The molecule has 18 heavy (non-hydrogen) atoms. The zero-order valence-electron chi connectivity index (χ0n) is 10.1. The van der Waals surface area contributed by atoms with Crippen molar-refractivity contribution in [2.75, 3.05) is 0 Å². The van der Waals surface area contributed by atoms with Gasteiger partial charge in [-0.3, -0.25) is 0 Å². The molecule has 2 aromatic rings. The topological polar surface area (TPSA) is 59.2 Å². The van der Waals surface area contributed by atoms with Gasteiger partial charge < -0.3 is 9.63 Å². The SMILES string of the molecule is CC(C)SCc1noc(-c2ccc(O)c(Cl)c2)n1. The molecular weight excluding hydrogens is 272 g/mol. The first-order valence-corrected chi connectivity index (χ1v) is 6.92. The predicted molar refractivity (Wildman–Crippen MR) is 72.8 cm³/mol. The largest absolute Gasteiger partial charge is 0.506 e. The van der Waals surface area contributed by atoms with E-state index in [4.69, 9.17) is 16.1 Å². The first kappa shape index (κ1) is 13.2. The van der Waals surface area contributed by atoms with Crippen molar-refractivity contribution in [3.8, 4) is 17.2 Å². The summed E-state index contributed by atoms with van der Waals surface area (Å²) in [5.74, 6) is 1.83. The number of phenolic OH excluding ortho intramolecular Hbond substituents is 1. The molecule has 0 spiro atoms. The second-order valence-electron chi connectivity index (χ2n) is 4.04. The average Bonchev–Trinajstić information content (AvgIpc) is 2.79. The summed E-state index contributed by atoms with van der Waals surface area (Å²) in [6.45, 7) is 4.23. The number of thioether (sulfide) groups is 1. The van der Waals surface area contributed by atoms with Crippen LogP contribution in [0.4, 0.5) is 0 Å². The minimum atomic E-state index is 0.0375. The molecule has 0 radical (unpaired) electrons. The third-order valence-corrected chi connectivity index (χ3v) is 3.60. The van der Waals surface area contributed by atoms with Crippen LogP contribution in [-0.2, 0) is 5.75 Å². The number of aromatic hydroxyl groups is 1. The first-order valence-electron chi connectivity index (χ1n) is 5.49. The number of aromatic nitrogens is 2. The quantitative estimate of drug-likeness (QED) is 0.927. The minimum Gasteiger partial charge on any atom is -0.506 e. The summed E-state index contributed by atoms with van der Waals surface area (Å²) in [4.78, 5) is 4.28. The molecule has 0 saturated carbocycles. The van der Waals surface area contributed by atoms with Gasteiger partial charge in [-0.1, -0.05) is 30.6 Å². The fourth-order valence-electron chi connectivity index (χ4n) is 1.31. The summed E-state index contributed by atoms with van der Waals surface area (Å²) in [5, 5.41) is 14.0. The van der Waals surface area contributed by atoms with Crippen LogP contribution in [0.25, 0.3) is 11.5 Å². The van der Waals surface area contributed by atoms with Gasteiger partial charge in [-0.2, -0.15) is 16.7 Å². The van der Waals surface area contributed by atoms with E-state index in [1.807, 2.05) is 0 Å². The summed E-state index contributed by atoms with van der Waals surface area (Å²) in [6.07, 6.45) is 0. The van der Waals surface area contributed by atoms with E-state index in [1.54, 1.807) is 23.9 Å². The molecule has 6 heteroatoms. The molecule has 1 heterocycles. The van der Waals surface area contributed by atoms with Gasteiger partial charge in [0.15, 0.2) is 5.82 Å². The van der Waals surface area contributed by atoms with Gasteiger partial charge in [-0.05, 0) is 23.4 Å². The summed E-state index contributed by atoms with van der Waals surface area (Å²) < 4.78 is 5.16. The smallest absolute Gasteiger partial charge is 0.258 e. The summed E-state index contributed by atoms with van der Waals surface area (Å²) in [7, 11) is 0. The lowest BCUT2D eigenvalue weighted by atomic mass is 10.2. The maximum atomic E-state index is 9.34. The highest BCUT2D eigenvalue weighted by atomic mass is 35.5. The van der Waals surface area contributed by atoms with Crippen LogP contribution in [0.2, 0.25) is 5.02 Å². The lowest BCUT2D eigenvalue weighted by Gasteiger charge is -1.99. The van der Waals surface area contributed by atoms with Crippen LogP contribution < -0.4 is 0 Å². The number of hydrogen-bond acceptors (Lipinski definition) is 5. The molecule has 0 saturated heterocycles. The van der Waals surface area contributed by atoms with E-state index in [0.29, 0.717) is 28.3 Å². The fourth-order valence-corrected chi connectivity index (χ4v) is 2.09. The van der Waals surface area contributed by atoms with Crippen molar-refractivity contribution >= 4 is 23.4 Å². The fraction of sp³-hybridized carbons (Fsp3) is 0.333. The monoisotopic (exact) mass is 284 g/mol. The van der Waals surface area contributed by atoms with E-state index >= 15 is 0 Å². The second kappa shape index (κ2) is 5.63. The van der Waals surface area contributed by atoms with Gasteiger partial charge in [0.2, 0.25) is 0 Å². The Morgan fingerprint density at radius 2 is 2.22 bits per heavy atom. The third-order valence-electron chi connectivity index (χ3n) is 2.21. The predicted octanol–water partition coefficient (Wildman–Crippen LogP) is 3.74. The molecule has 1 N–H and O–H groups in total. The number of halogens is 1. The molecule has 0 amide bonds. The molecule has 0 unspecified atom stereocenters. The first-order chi connectivity index (χ1) is 8.56. The Hall–Kier alpha value is -1.20. The molecule has 96 valence electrons. The Balaban J connectivity index is 2.16. The average molecular weight is 285 g/mol. The molecule has 0 bridgehead atoms. The molecule has 2 rings (SSSR count). The Morgan fingerprint density at radius 3 is 2.89 bits per heavy atom. The van der Waals surface area contributed by atoms with Crippen molar-refractivity contribution in [2.24, 2.45) is 0 Å². The van der Waals surface area contributed by atoms with Crippen LogP contribution >= 0.6 is 23.4 Å². The Morgan fingerprint density at radius 1 is 1.44 bits per heavy atom. The Kier molecular flexibility index (Phi) is 4.14. The summed E-state index contributed by atoms with van der Waals surface area (Å²) >= 11 is 7.58. The standard InChI is InChI=1S/C12H13ClN2O2S/c1-7(2)18-6-11-14-12(17-15-11)8-3-4-10(16)9(13)5-8/h3-5,7,16H,6H2,1-2H3. The summed E-state index contributed by atoms with van der Waals surface area (Å²) in [6, 6.07) is 4.79. The molecule has 0 aliphatic heterocycles. The van der Waals surface area contributed by atoms with Gasteiger partial charge in [0.25, 0.3) is 5.89 Å². The maximum absolute atomic E-state index is 9.34. The van der Waals surface area contributed by atoms with Gasteiger partial charge >= 0.3 is 0 Å². The van der Waals surface area contributed by atoms with Crippen molar-refractivity contribution in [3.63, 3.8) is 0 Å². The van der Waals surface area contributed by atoms with Crippen molar-refractivity contribution in [1.29, 1.82) is 0 Å². The number of phenols is 1. The number of benzene rings is 1. The molecule has 1 aromatic heterocycles. The highest BCUT2D eigenvalue weighted by molar-refractivity contribution is 7.99. The van der Waals surface area contributed by atoms with Crippen LogP contribution in [0.3, 0.4) is 0 Å². The Labute approximate surface area is 114 Å². The van der Waals surface area contributed by atoms with Crippen molar-refractivity contribution in [2.45, 2.75) is 24.9 Å². The van der Waals surface area contributed by atoms with E-state index in [2.05, 4.69) is 24.0 Å². The number of nitrogens with zero attached hydrogens (tertiary/aromatic N) is 2. The highest BCUT2D eigenvalue weighted by Crippen LogP contribution is 2.28. The number of hydrogen-bond donors (Lipinski definition) is 1. The van der Waals surface area contributed by atoms with E-state index < -0.39 is 0 Å². The molecule has 1 aromatic carbocycles. The van der Waals surface area contributed by atoms with Crippen LogP contribution in [0.1, 0.15) is 19.7 Å². The van der Waals surface area contributed by atoms with Gasteiger partial charge in [-0.25, -0.2) is 0 Å². The summed E-state index contributed by atoms with van der Waals surface area (Å²) in [5.41, 5.74) is 0.700. The van der Waals surface area contributed by atoms with Gasteiger partial charge in [0.05, 0.1) is 10.8 Å². The van der Waals surface area contributed by atoms with Crippen LogP contribution in [0.15, 0.2) is 22.7 Å². The molecule has 0 atom stereocenters. The molecular formula is C12H13ClN2O2S. The van der Waals surface area contributed by atoms with Crippen molar-refractivity contribution in [1.82, 2.24) is 10.1 Å².